The lowest BCUT2D eigenvalue weighted by atomic mass is 10.3. The van der Waals surface area contributed by atoms with Gasteiger partial charge in [-0.1, -0.05) is 0 Å². The highest BCUT2D eigenvalue weighted by Gasteiger charge is 2.21. The van der Waals surface area contributed by atoms with Crippen molar-refractivity contribution < 1.29 is 0 Å². The third-order valence-corrected chi connectivity index (χ3v) is 4.73. The lowest BCUT2D eigenvalue weighted by Gasteiger charge is -2.07. The van der Waals surface area contributed by atoms with Gasteiger partial charge in [0, 0.05) is 18.8 Å². The second-order valence-electron chi connectivity index (χ2n) is 5.21. The van der Waals surface area contributed by atoms with Crippen LogP contribution in [0.3, 0.4) is 0 Å². The third-order valence-electron chi connectivity index (χ3n) is 3.54. The fourth-order valence-corrected chi connectivity index (χ4v) is 3.34. The maximum absolute atomic E-state index is 5.91. The first-order valence-electron chi connectivity index (χ1n) is 6.73. The molecule has 1 aliphatic rings. The molecule has 3 heterocycles. The Morgan fingerprint density at radius 1 is 1.40 bits per heavy atom. The second-order valence-corrected chi connectivity index (χ2v) is 6.27. The zero-order valence-corrected chi connectivity index (χ0v) is 11.7. The number of thiophene rings is 1. The molecule has 0 amide bonds. The molecule has 1 aliphatic carbocycles. The van der Waals surface area contributed by atoms with Gasteiger partial charge < -0.3 is 11.1 Å². The van der Waals surface area contributed by atoms with E-state index in [1.807, 2.05) is 12.1 Å². The number of rotatable bonds is 4. The van der Waals surface area contributed by atoms with Crippen molar-refractivity contribution in [2.75, 3.05) is 17.6 Å². The summed E-state index contributed by atoms with van der Waals surface area (Å²) in [7, 11) is 0. The number of nitrogens with two attached hydrogens (primary N) is 1. The van der Waals surface area contributed by atoms with Crippen molar-refractivity contribution in [3.8, 4) is 10.6 Å². The molecule has 0 unspecified atom stereocenters. The van der Waals surface area contributed by atoms with Crippen molar-refractivity contribution in [3.05, 3.63) is 24.4 Å². The summed E-state index contributed by atoms with van der Waals surface area (Å²) in [5.41, 5.74) is 8.96. The Bertz CT molecular complexity index is 742. The number of hydrogen-bond donors (Lipinski definition) is 3. The summed E-state index contributed by atoms with van der Waals surface area (Å²) in [5, 5.41) is 10.5. The highest BCUT2D eigenvalue weighted by atomic mass is 32.1. The Labute approximate surface area is 120 Å². The van der Waals surface area contributed by atoms with Crippen LogP contribution in [-0.2, 0) is 0 Å². The first kappa shape index (κ1) is 11.7. The van der Waals surface area contributed by atoms with E-state index in [1.165, 1.54) is 12.8 Å². The number of nitrogen functional groups attached to an aromatic ring is 1. The lowest BCUT2D eigenvalue weighted by molar-refractivity contribution is 0.890. The van der Waals surface area contributed by atoms with Gasteiger partial charge in [-0.2, -0.15) is 5.10 Å². The lowest BCUT2D eigenvalue weighted by Crippen LogP contribution is -2.04. The molecule has 0 aromatic carbocycles. The zero-order chi connectivity index (χ0) is 13.5. The van der Waals surface area contributed by atoms with Crippen LogP contribution in [0.2, 0.25) is 0 Å². The molecule has 0 spiro atoms. The highest BCUT2D eigenvalue weighted by Crippen LogP contribution is 2.37. The Hall–Kier alpha value is -2.08. The molecular formula is C14H15N5S. The molecule has 20 heavy (non-hydrogen) atoms. The number of pyridine rings is 1. The number of aromatic nitrogens is 3. The molecule has 0 atom stereocenters. The molecule has 0 aliphatic heterocycles. The number of nitrogens with zero attached hydrogens (tertiary/aromatic N) is 2. The van der Waals surface area contributed by atoms with Gasteiger partial charge in [-0.15, -0.1) is 11.3 Å². The Balaban J connectivity index is 1.76. The van der Waals surface area contributed by atoms with Gasteiger partial charge in [0.05, 0.1) is 26.5 Å². The van der Waals surface area contributed by atoms with E-state index < -0.39 is 0 Å². The first-order valence-corrected chi connectivity index (χ1v) is 7.55. The van der Waals surface area contributed by atoms with E-state index in [4.69, 9.17) is 5.73 Å². The first-order chi connectivity index (χ1) is 9.79. The van der Waals surface area contributed by atoms with Gasteiger partial charge in [0.1, 0.15) is 5.82 Å². The number of H-pyrrole nitrogens is 1. The van der Waals surface area contributed by atoms with Crippen LogP contribution in [0.1, 0.15) is 12.8 Å². The molecule has 3 aromatic heterocycles. The molecule has 5 nitrogen and oxygen atoms in total. The van der Waals surface area contributed by atoms with Gasteiger partial charge in [-0.05, 0) is 30.9 Å². The minimum absolute atomic E-state index is 0.560. The maximum atomic E-state index is 5.91. The normalized spacial score (nSPS) is 14.8. The standard InChI is InChI=1S/C14H15N5S/c15-13-6-10(16-7-8-1-2-8)14-11(18-13)5-12(20-14)9-3-4-17-19-9/h3-6,8H,1-2,7H2,(H,17,19)(H3,15,16,18). The van der Waals surface area contributed by atoms with Crippen molar-refractivity contribution in [1.29, 1.82) is 0 Å². The minimum atomic E-state index is 0.560. The van der Waals surface area contributed by atoms with E-state index in [9.17, 15) is 0 Å². The molecular weight excluding hydrogens is 270 g/mol. The summed E-state index contributed by atoms with van der Waals surface area (Å²) in [5.74, 6) is 1.39. The number of fused-ring (bicyclic) bond motifs is 1. The monoisotopic (exact) mass is 285 g/mol. The van der Waals surface area contributed by atoms with Gasteiger partial charge in [0.2, 0.25) is 0 Å². The SMILES string of the molecule is Nc1cc(NCC2CC2)c2sc(-c3ccn[nH]3)cc2n1. The average molecular weight is 285 g/mol. The van der Waals surface area contributed by atoms with Crippen LogP contribution >= 0.6 is 11.3 Å². The predicted molar refractivity (Wildman–Crippen MR) is 82.8 cm³/mol. The molecule has 1 fully saturated rings. The van der Waals surface area contributed by atoms with E-state index in [0.717, 1.165) is 38.9 Å². The number of aromatic amines is 1. The molecule has 6 heteroatoms. The Morgan fingerprint density at radius 3 is 3.05 bits per heavy atom. The van der Waals surface area contributed by atoms with Crippen molar-refractivity contribution >= 4 is 33.1 Å². The van der Waals surface area contributed by atoms with Crippen LogP contribution in [-0.4, -0.2) is 21.7 Å². The molecule has 0 bridgehead atoms. The second kappa shape index (κ2) is 4.49. The fraction of sp³-hybridized carbons (Fsp3) is 0.286. The summed E-state index contributed by atoms with van der Waals surface area (Å²) in [6.07, 6.45) is 4.43. The molecule has 3 aromatic rings. The van der Waals surface area contributed by atoms with Gasteiger partial charge in [-0.3, -0.25) is 5.10 Å². The van der Waals surface area contributed by atoms with Crippen molar-refractivity contribution in [1.82, 2.24) is 15.2 Å². The smallest absolute Gasteiger partial charge is 0.126 e. The van der Waals surface area contributed by atoms with Crippen LogP contribution in [0.4, 0.5) is 11.5 Å². The summed E-state index contributed by atoms with van der Waals surface area (Å²) in [4.78, 5) is 5.55. The molecule has 4 rings (SSSR count). The van der Waals surface area contributed by atoms with Gasteiger partial charge in [0.25, 0.3) is 0 Å². The van der Waals surface area contributed by atoms with Gasteiger partial charge in [0.15, 0.2) is 0 Å². The van der Waals surface area contributed by atoms with Crippen LogP contribution in [0, 0.1) is 5.92 Å². The van der Waals surface area contributed by atoms with E-state index in [2.05, 4.69) is 26.6 Å². The van der Waals surface area contributed by atoms with E-state index in [-0.39, 0.29) is 0 Å². The topological polar surface area (TPSA) is 79.6 Å². The molecule has 1 saturated carbocycles. The van der Waals surface area contributed by atoms with Crippen LogP contribution in [0.5, 0.6) is 0 Å². The van der Waals surface area contributed by atoms with E-state index in [1.54, 1.807) is 17.5 Å². The molecule has 102 valence electrons. The van der Waals surface area contributed by atoms with Gasteiger partial charge >= 0.3 is 0 Å². The van der Waals surface area contributed by atoms with Crippen molar-refractivity contribution in [2.45, 2.75) is 12.8 Å². The summed E-state index contributed by atoms with van der Waals surface area (Å²) in [6.45, 7) is 1.02. The number of nitrogens with one attached hydrogen (secondary N) is 2. The predicted octanol–water partition coefficient (Wildman–Crippen LogP) is 3.09. The van der Waals surface area contributed by atoms with Crippen LogP contribution < -0.4 is 11.1 Å². The zero-order valence-electron chi connectivity index (χ0n) is 10.9. The Kier molecular flexibility index (Phi) is 2.63. The average Bonchev–Trinajstić information content (AvgIpc) is 2.93. The summed E-state index contributed by atoms with van der Waals surface area (Å²) in [6, 6.07) is 5.95. The fourth-order valence-electron chi connectivity index (χ4n) is 2.28. The van der Waals surface area contributed by atoms with E-state index in [0.29, 0.717) is 5.82 Å². The summed E-state index contributed by atoms with van der Waals surface area (Å²) >= 11 is 1.71. The number of hydrogen-bond acceptors (Lipinski definition) is 5. The Morgan fingerprint density at radius 2 is 2.30 bits per heavy atom. The van der Waals surface area contributed by atoms with Crippen LogP contribution in [0.25, 0.3) is 20.8 Å². The quantitative estimate of drug-likeness (QED) is 0.688. The maximum Gasteiger partial charge on any atom is 0.126 e. The summed E-state index contributed by atoms with van der Waals surface area (Å²) < 4.78 is 1.16. The molecule has 4 N–H and O–H groups in total. The third kappa shape index (κ3) is 2.12. The molecule has 0 radical (unpaired) electrons. The molecule has 0 saturated heterocycles. The minimum Gasteiger partial charge on any atom is -0.384 e. The van der Waals surface area contributed by atoms with Crippen LogP contribution in [0.15, 0.2) is 24.4 Å². The van der Waals surface area contributed by atoms with Gasteiger partial charge in [-0.25, -0.2) is 4.98 Å². The largest absolute Gasteiger partial charge is 0.384 e. The van der Waals surface area contributed by atoms with Crippen molar-refractivity contribution in [3.63, 3.8) is 0 Å². The van der Waals surface area contributed by atoms with E-state index >= 15 is 0 Å². The van der Waals surface area contributed by atoms with Crippen molar-refractivity contribution in [2.24, 2.45) is 5.92 Å². The number of anilines is 2. The highest BCUT2D eigenvalue weighted by molar-refractivity contribution is 7.22.